The van der Waals surface area contributed by atoms with Crippen molar-refractivity contribution in [3.63, 3.8) is 0 Å². The maximum Gasteiger partial charge on any atom is 0.253 e. The highest BCUT2D eigenvalue weighted by atomic mass is 19.1. The number of carbonyl (C=O) groups is 1. The fraction of sp³-hybridized carbons (Fsp3) is 0.350. The fourth-order valence-corrected chi connectivity index (χ4v) is 3.95. The Labute approximate surface area is 146 Å². The van der Waals surface area contributed by atoms with Crippen LogP contribution in [-0.2, 0) is 0 Å². The molecular formula is C20H21FN2O2. The predicted octanol–water partition coefficient (Wildman–Crippen LogP) is 3.40. The van der Waals surface area contributed by atoms with E-state index in [4.69, 9.17) is 4.74 Å². The fourth-order valence-electron chi connectivity index (χ4n) is 3.95. The van der Waals surface area contributed by atoms with Crippen LogP contribution >= 0.6 is 0 Å². The predicted molar refractivity (Wildman–Crippen MR) is 93.4 cm³/mol. The maximum absolute atomic E-state index is 12.9. The van der Waals surface area contributed by atoms with Crippen molar-refractivity contribution in [1.82, 2.24) is 9.80 Å². The van der Waals surface area contributed by atoms with Crippen LogP contribution in [0.15, 0.2) is 48.5 Å². The number of hydrogen-bond acceptors (Lipinski definition) is 3. The summed E-state index contributed by atoms with van der Waals surface area (Å²) in [5.74, 6) is 0.979. The Morgan fingerprint density at radius 2 is 1.60 bits per heavy atom. The summed E-state index contributed by atoms with van der Waals surface area (Å²) < 4.78 is 18.6. The van der Waals surface area contributed by atoms with Gasteiger partial charge in [0.1, 0.15) is 17.3 Å². The van der Waals surface area contributed by atoms with Gasteiger partial charge in [-0.2, -0.15) is 0 Å². The van der Waals surface area contributed by atoms with E-state index in [1.165, 1.54) is 12.1 Å². The number of ether oxygens (including phenoxy) is 1. The van der Waals surface area contributed by atoms with Crippen molar-refractivity contribution in [2.24, 2.45) is 5.41 Å². The molecule has 130 valence electrons. The summed E-state index contributed by atoms with van der Waals surface area (Å²) in [5.41, 5.74) is 0.993. The van der Waals surface area contributed by atoms with Crippen LogP contribution in [0.3, 0.4) is 0 Å². The Morgan fingerprint density at radius 3 is 2.20 bits per heavy atom. The average molecular weight is 340 g/mol. The molecule has 2 fully saturated rings. The van der Waals surface area contributed by atoms with Crippen molar-refractivity contribution in [2.45, 2.75) is 6.42 Å². The van der Waals surface area contributed by atoms with Crippen molar-refractivity contribution in [3.05, 3.63) is 59.9 Å². The second kappa shape index (κ2) is 6.15. The molecule has 2 aliphatic rings. The van der Waals surface area contributed by atoms with Gasteiger partial charge in [0.05, 0.1) is 0 Å². The average Bonchev–Trinajstić information content (AvgIpc) is 3.02. The van der Waals surface area contributed by atoms with Crippen molar-refractivity contribution in [3.8, 4) is 11.5 Å². The first-order chi connectivity index (χ1) is 12.0. The topological polar surface area (TPSA) is 32.8 Å². The van der Waals surface area contributed by atoms with Gasteiger partial charge < -0.3 is 14.5 Å². The second-order valence-electron chi connectivity index (χ2n) is 7.23. The van der Waals surface area contributed by atoms with Crippen LogP contribution in [0.1, 0.15) is 16.8 Å². The van der Waals surface area contributed by atoms with E-state index in [1.54, 1.807) is 36.4 Å². The molecule has 25 heavy (non-hydrogen) atoms. The van der Waals surface area contributed by atoms with Crippen LogP contribution < -0.4 is 4.74 Å². The zero-order valence-corrected chi connectivity index (χ0v) is 14.2. The third kappa shape index (κ3) is 3.24. The summed E-state index contributed by atoms with van der Waals surface area (Å²) in [6.07, 6.45) is 1.09. The van der Waals surface area contributed by atoms with Crippen molar-refractivity contribution < 1.29 is 13.9 Å². The minimum atomic E-state index is -0.297. The molecule has 2 aliphatic heterocycles. The number of likely N-dealkylation sites (tertiary alicyclic amines) is 2. The van der Waals surface area contributed by atoms with Crippen molar-refractivity contribution >= 4 is 5.91 Å². The highest BCUT2D eigenvalue weighted by molar-refractivity contribution is 5.94. The zero-order valence-electron chi connectivity index (χ0n) is 14.2. The lowest BCUT2D eigenvalue weighted by Crippen LogP contribution is -2.55. The summed E-state index contributed by atoms with van der Waals surface area (Å²) in [6, 6.07) is 13.0. The lowest BCUT2D eigenvalue weighted by Gasteiger charge is -2.46. The Kier molecular flexibility index (Phi) is 3.96. The first kappa shape index (κ1) is 16.1. The molecule has 1 spiro atoms. The smallest absolute Gasteiger partial charge is 0.253 e. The first-order valence-corrected chi connectivity index (χ1v) is 8.54. The minimum Gasteiger partial charge on any atom is -0.457 e. The van der Waals surface area contributed by atoms with E-state index < -0.39 is 0 Å². The number of halogens is 1. The van der Waals surface area contributed by atoms with Crippen LogP contribution in [0.4, 0.5) is 4.39 Å². The van der Waals surface area contributed by atoms with E-state index >= 15 is 0 Å². The van der Waals surface area contributed by atoms with Gasteiger partial charge in [0.25, 0.3) is 5.91 Å². The molecular weight excluding hydrogens is 319 g/mol. The molecule has 4 nitrogen and oxygen atoms in total. The summed E-state index contributed by atoms with van der Waals surface area (Å²) in [5, 5.41) is 0. The molecule has 0 radical (unpaired) electrons. The van der Waals surface area contributed by atoms with Crippen molar-refractivity contribution in [1.29, 1.82) is 0 Å². The van der Waals surface area contributed by atoms with Crippen LogP contribution in [0.25, 0.3) is 0 Å². The van der Waals surface area contributed by atoms with Gasteiger partial charge in [-0.1, -0.05) is 0 Å². The van der Waals surface area contributed by atoms with Gasteiger partial charge in [-0.15, -0.1) is 0 Å². The van der Waals surface area contributed by atoms with E-state index in [-0.39, 0.29) is 11.7 Å². The molecule has 0 atom stereocenters. The Morgan fingerprint density at radius 1 is 1.00 bits per heavy atom. The molecule has 1 amide bonds. The van der Waals surface area contributed by atoms with Gasteiger partial charge in [0.15, 0.2) is 0 Å². The van der Waals surface area contributed by atoms with Crippen LogP contribution in [0.2, 0.25) is 0 Å². The number of hydrogen-bond donors (Lipinski definition) is 0. The number of amides is 1. The molecule has 2 aromatic rings. The summed E-state index contributed by atoms with van der Waals surface area (Å²) in [7, 11) is 2.12. The third-order valence-electron chi connectivity index (χ3n) is 5.09. The minimum absolute atomic E-state index is 0.0831. The largest absolute Gasteiger partial charge is 0.457 e. The standard InChI is InChI=1S/C20H21FN2O2/c1-22-12-20(13-22)10-11-23(14-20)19(24)15-2-6-17(7-3-15)25-18-8-4-16(21)5-9-18/h2-9H,10-14H2,1H3. The number of nitrogens with zero attached hydrogens (tertiary/aromatic N) is 2. The molecule has 0 aliphatic carbocycles. The highest BCUT2D eigenvalue weighted by Gasteiger charge is 2.47. The SMILES string of the molecule is CN1CC2(CCN(C(=O)c3ccc(Oc4ccc(F)cc4)cc3)C2)C1. The lowest BCUT2D eigenvalue weighted by atomic mass is 9.79. The van der Waals surface area contributed by atoms with Crippen LogP contribution in [-0.4, -0.2) is 48.9 Å². The number of rotatable bonds is 3. The van der Waals surface area contributed by atoms with E-state index in [0.717, 1.165) is 32.6 Å². The number of benzene rings is 2. The van der Waals surface area contributed by atoms with E-state index in [1.807, 2.05) is 4.90 Å². The van der Waals surface area contributed by atoms with E-state index in [2.05, 4.69) is 11.9 Å². The van der Waals surface area contributed by atoms with Gasteiger partial charge in [-0.05, 0) is 62.0 Å². The molecule has 0 saturated carbocycles. The quantitative estimate of drug-likeness (QED) is 0.859. The first-order valence-electron chi connectivity index (χ1n) is 8.54. The molecule has 2 aromatic carbocycles. The molecule has 0 aromatic heterocycles. The normalized spacial score (nSPS) is 19.0. The Hall–Kier alpha value is -2.40. The van der Waals surface area contributed by atoms with Gasteiger partial charge in [-0.25, -0.2) is 4.39 Å². The summed E-state index contributed by atoms with van der Waals surface area (Å²) >= 11 is 0. The summed E-state index contributed by atoms with van der Waals surface area (Å²) in [6.45, 7) is 3.85. The van der Waals surface area contributed by atoms with Crippen molar-refractivity contribution in [2.75, 3.05) is 33.2 Å². The van der Waals surface area contributed by atoms with Crippen LogP contribution in [0, 0.1) is 11.2 Å². The van der Waals surface area contributed by atoms with E-state index in [9.17, 15) is 9.18 Å². The molecule has 4 rings (SSSR count). The van der Waals surface area contributed by atoms with Crippen LogP contribution in [0.5, 0.6) is 11.5 Å². The maximum atomic E-state index is 12.9. The molecule has 2 saturated heterocycles. The summed E-state index contributed by atoms with van der Waals surface area (Å²) in [4.78, 5) is 17.0. The van der Waals surface area contributed by atoms with Gasteiger partial charge in [-0.3, -0.25) is 4.79 Å². The second-order valence-corrected chi connectivity index (χ2v) is 7.23. The molecule has 2 heterocycles. The molecule has 0 N–H and O–H groups in total. The van der Waals surface area contributed by atoms with Gasteiger partial charge >= 0.3 is 0 Å². The lowest BCUT2D eigenvalue weighted by molar-refractivity contribution is 0.0294. The monoisotopic (exact) mass is 340 g/mol. The number of carbonyl (C=O) groups excluding carboxylic acids is 1. The van der Waals surface area contributed by atoms with Gasteiger partial charge in [0, 0.05) is 37.2 Å². The molecule has 5 heteroatoms. The Bertz CT molecular complexity index is 767. The molecule has 0 unspecified atom stereocenters. The van der Waals surface area contributed by atoms with E-state index in [0.29, 0.717) is 22.5 Å². The third-order valence-corrected chi connectivity index (χ3v) is 5.09. The zero-order chi connectivity index (χ0) is 17.4. The van der Waals surface area contributed by atoms with Gasteiger partial charge in [0.2, 0.25) is 0 Å². The molecule has 0 bridgehead atoms. The Balaban J connectivity index is 1.40. The highest BCUT2D eigenvalue weighted by Crippen LogP contribution is 2.39.